The maximum absolute atomic E-state index is 12.2. The molecule has 0 aromatic heterocycles. The van der Waals surface area contributed by atoms with Gasteiger partial charge in [0.15, 0.2) is 0 Å². The van der Waals surface area contributed by atoms with Crippen molar-refractivity contribution in [2.24, 2.45) is 11.7 Å². The normalized spacial score (nSPS) is 14.3. The van der Waals surface area contributed by atoms with Crippen molar-refractivity contribution in [3.05, 3.63) is 35.9 Å². The van der Waals surface area contributed by atoms with Crippen LogP contribution in [0.25, 0.3) is 0 Å². The lowest BCUT2D eigenvalue weighted by Gasteiger charge is -2.27. The molecule has 2 atom stereocenters. The van der Waals surface area contributed by atoms with Crippen LogP contribution in [0, 0.1) is 5.92 Å². The van der Waals surface area contributed by atoms with Crippen molar-refractivity contribution in [3.8, 4) is 0 Å². The number of amides is 1. The van der Waals surface area contributed by atoms with Crippen molar-refractivity contribution in [1.82, 2.24) is 10.2 Å². The predicted molar refractivity (Wildman–Crippen MR) is 83.4 cm³/mol. The molecule has 1 rings (SSSR count). The molecule has 2 unspecified atom stereocenters. The summed E-state index contributed by atoms with van der Waals surface area (Å²) in [6.07, 6.45) is 0.569. The molecular formula is C16H27N3O. The molecule has 20 heavy (non-hydrogen) atoms. The maximum atomic E-state index is 12.2. The van der Waals surface area contributed by atoms with Crippen LogP contribution in [0.1, 0.15) is 19.4 Å². The fraction of sp³-hybridized carbons (Fsp3) is 0.562. The number of carbonyl (C=O) groups excluding carboxylic acids is 1. The molecule has 0 aliphatic heterocycles. The maximum Gasteiger partial charge on any atom is 0.237 e. The smallest absolute Gasteiger partial charge is 0.237 e. The zero-order valence-electron chi connectivity index (χ0n) is 13.0. The quantitative estimate of drug-likeness (QED) is 0.789. The van der Waals surface area contributed by atoms with Gasteiger partial charge in [0.25, 0.3) is 0 Å². The molecule has 1 aromatic rings. The van der Waals surface area contributed by atoms with Crippen molar-refractivity contribution >= 4 is 5.91 Å². The summed E-state index contributed by atoms with van der Waals surface area (Å²) in [5.74, 6) is 0.305. The number of nitrogens with zero attached hydrogens (tertiary/aromatic N) is 1. The SMILES string of the molecule is CC(C)C(CN(C)C)NC(=O)C(N)Cc1ccccc1. The van der Waals surface area contributed by atoms with Gasteiger partial charge in [-0.2, -0.15) is 0 Å². The Labute approximate surface area is 122 Å². The molecule has 4 nitrogen and oxygen atoms in total. The fourth-order valence-corrected chi connectivity index (χ4v) is 2.07. The van der Waals surface area contributed by atoms with E-state index in [0.29, 0.717) is 12.3 Å². The van der Waals surface area contributed by atoms with Crippen molar-refractivity contribution < 1.29 is 4.79 Å². The zero-order valence-corrected chi connectivity index (χ0v) is 13.0. The Balaban J connectivity index is 2.55. The number of hydrogen-bond donors (Lipinski definition) is 2. The second-order valence-corrected chi connectivity index (χ2v) is 5.92. The molecule has 0 aliphatic carbocycles. The van der Waals surface area contributed by atoms with Gasteiger partial charge in [0.1, 0.15) is 0 Å². The highest BCUT2D eigenvalue weighted by atomic mass is 16.2. The van der Waals surface area contributed by atoms with Gasteiger partial charge in [0.05, 0.1) is 6.04 Å². The van der Waals surface area contributed by atoms with Crippen molar-refractivity contribution in [2.45, 2.75) is 32.4 Å². The van der Waals surface area contributed by atoms with Gasteiger partial charge in [-0.3, -0.25) is 4.79 Å². The summed E-state index contributed by atoms with van der Waals surface area (Å²) in [4.78, 5) is 14.3. The minimum atomic E-state index is -0.499. The topological polar surface area (TPSA) is 58.4 Å². The van der Waals surface area contributed by atoms with Crippen LogP contribution in [0.2, 0.25) is 0 Å². The van der Waals surface area contributed by atoms with Gasteiger partial charge in [-0.15, -0.1) is 0 Å². The van der Waals surface area contributed by atoms with Crippen molar-refractivity contribution in [3.63, 3.8) is 0 Å². The molecule has 0 heterocycles. The van der Waals surface area contributed by atoms with Gasteiger partial charge >= 0.3 is 0 Å². The third kappa shape index (κ3) is 5.72. The second kappa shape index (κ2) is 8.02. The largest absolute Gasteiger partial charge is 0.350 e. The molecule has 0 spiro atoms. The average molecular weight is 277 g/mol. The molecule has 0 fully saturated rings. The minimum absolute atomic E-state index is 0.0746. The summed E-state index contributed by atoms with van der Waals surface area (Å²) in [5, 5.41) is 3.06. The Kier molecular flexibility index (Phi) is 6.68. The lowest BCUT2D eigenvalue weighted by Crippen LogP contribution is -2.51. The van der Waals surface area contributed by atoms with E-state index >= 15 is 0 Å². The van der Waals surface area contributed by atoms with Crippen LogP contribution in [0.3, 0.4) is 0 Å². The molecule has 0 saturated carbocycles. The van der Waals surface area contributed by atoms with Crippen LogP contribution in [0.5, 0.6) is 0 Å². The fourth-order valence-electron chi connectivity index (χ4n) is 2.07. The molecule has 4 heteroatoms. The van der Waals surface area contributed by atoms with Crippen molar-refractivity contribution in [2.75, 3.05) is 20.6 Å². The molecule has 112 valence electrons. The van der Waals surface area contributed by atoms with Gasteiger partial charge in [-0.25, -0.2) is 0 Å². The van der Waals surface area contributed by atoms with Gasteiger partial charge in [-0.05, 0) is 32.0 Å². The first-order valence-corrected chi connectivity index (χ1v) is 7.14. The lowest BCUT2D eigenvalue weighted by molar-refractivity contribution is -0.123. The summed E-state index contributed by atoms with van der Waals surface area (Å²) in [5.41, 5.74) is 7.09. The monoisotopic (exact) mass is 277 g/mol. The van der Waals surface area contributed by atoms with Gasteiger partial charge in [0.2, 0.25) is 5.91 Å². The Morgan fingerprint density at radius 3 is 2.35 bits per heavy atom. The lowest BCUT2D eigenvalue weighted by atomic mass is 10.0. The van der Waals surface area contributed by atoms with E-state index in [2.05, 4.69) is 24.1 Å². The zero-order chi connectivity index (χ0) is 15.1. The van der Waals surface area contributed by atoms with E-state index in [9.17, 15) is 4.79 Å². The molecule has 0 bridgehead atoms. The van der Waals surface area contributed by atoms with Crippen LogP contribution in [-0.2, 0) is 11.2 Å². The number of likely N-dealkylation sites (N-methyl/N-ethyl adjacent to an activating group) is 1. The van der Waals surface area contributed by atoms with Gasteiger partial charge in [-0.1, -0.05) is 44.2 Å². The Morgan fingerprint density at radius 1 is 1.25 bits per heavy atom. The second-order valence-electron chi connectivity index (χ2n) is 5.92. The first kappa shape index (κ1) is 16.7. The molecule has 1 amide bonds. The molecular weight excluding hydrogens is 250 g/mol. The van der Waals surface area contributed by atoms with Crippen molar-refractivity contribution in [1.29, 1.82) is 0 Å². The number of carbonyl (C=O) groups is 1. The third-order valence-corrected chi connectivity index (χ3v) is 3.33. The van der Waals surface area contributed by atoms with Crippen LogP contribution in [0.15, 0.2) is 30.3 Å². The van der Waals surface area contributed by atoms with Crippen LogP contribution in [0.4, 0.5) is 0 Å². The summed E-state index contributed by atoms with van der Waals surface area (Å²) < 4.78 is 0. The average Bonchev–Trinajstić information content (AvgIpc) is 2.38. The van der Waals surface area contributed by atoms with E-state index in [4.69, 9.17) is 5.73 Å². The Bertz CT molecular complexity index is 403. The molecule has 0 aliphatic rings. The first-order chi connectivity index (χ1) is 9.40. The first-order valence-electron chi connectivity index (χ1n) is 7.14. The highest BCUT2D eigenvalue weighted by Gasteiger charge is 2.21. The van der Waals surface area contributed by atoms with E-state index in [1.165, 1.54) is 0 Å². The Hall–Kier alpha value is -1.39. The third-order valence-electron chi connectivity index (χ3n) is 3.33. The van der Waals surface area contributed by atoms with E-state index in [0.717, 1.165) is 12.1 Å². The number of rotatable bonds is 7. The number of nitrogens with one attached hydrogen (secondary N) is 1. The number of benzene rings is 1. The van der Waals surface area contributed by atoms with Crippen LogP contribution < -0.4 is 11.1 Å². The van der Waals surface area contributed by atoms with Gasteiger partial charge in [0, 0.05) is 12.6 Å². The predicted octanol–water partition coefficient (Wildman–Crippen LogP) is 1.26. The molecule has 3 N–H and O–H groups in total. The molecule has 1 aromatic carbocycles. The van der Waals surface area contributed by atoms with Crippen LogP contribution >= 0.6 is 0 Å². The summed E-state index contributed by atoms with van der Waals surface area (Å²) in [6, 6.07) is 9.49. The van der Waals surface area contributed by atoms with Gasteiger partial charge < -0.3 is 16.0 Å². The van der Waals surface area contributed by atoms with E-state index in [1.807, 2.05) is 44.4 Å². The summed E-state index contributed by atoms with van der Waals surface area (Å²) in [7, 11) is 4.01. The molecule has 0 radical (unpaired) electrons. The Morgan fingerprint density at radius 2 is 1.85 bits per heavy atom. The summed E-state index contributed by atoms with van der Waals surface area (Å²) >= 11 is 0. The van der Waals surface area contributed by atoms with E-state index < -0.39 is 6.04 Å². The number of hydrogen-bond acceptors (Lipinski definition) is 3. The summed E-state index contributed by atoms with van der Waals surface area (Å²) in [6.45, 7) is 5.04. The van der Waals surface area contributed by atoms with Crippen LogP contribution in [-0.4, -0.2) is 43.5 Å². The molecule has 0 saturated heterocycles. The minimum Gasteiger partial charge on any atom is -0.350 e. The van der Waals surface area contributed by atoms with E-state index in [-0.39, 0.29) is 11.9 Å². The highest BCUT2D eigenvalue weighted by Crippen LogP contribution is 2.05. The highest BCUT2D eigenvalue weighted by molar-refractivity contribution is 5.82. The van der Waals surface area contributed by atoms with E-state index in [1.54, 1.807) is 0 Å². The standard InChI is InChI=1S/C16H27N3O/c1-12(2)15(11-19(3)4)18-16(20)14(17)10-13-8-6-5-7-9-13/h5-9,12,14-15H,10-11,17H2,1-4H3,(H,18,20). The number of nitrogens with two attached hydrogens (primary N) is 1.